The lowest BCUT2D eigenvalue weighted by molar-refractivity contribution is 0.0610. The van der Waals surface area contributed by atoms with E-state index in [1.54, 1.807) is 37.4 Å². The Balaban J connectivity index is 1.60. The van der Waals surface area contributed by atoms with E-state index in [9.17, 15) is 9.59 Å². The first-order valence-corrected chi connectivity index (χ1v) is 9.91. The number of carbonyl (C=O) groups is 1. The van der Waals surface area contributed by atoms with E-state index in [0.717, 1.165) is 37.3 Å². The molecule has 2 heterocycles. The monoisotopic (exact) mass is 399 g/mol. The van der Waals surface area contributed by atoms with Crippen molar-refractivity contribution in [3.05, 3.63) is 58.0 Å². The van der Waals surface area contributed by atoms with Gasteiger partial charge in [0.2, 0.25) is 0 Å². The predicted molar refractivity (Wildman–Crippen MR) is 112 cm³/mol. The largest absolute Gasteiger partial charge is 0.493 e. The minimum atomic E-state index is -0.332. The van der Waals surface area contributed by atoms with Gasteiger partial charge in [-0.2, -0.15) is 0 Å². The van der Waals surface area contributed by atoms with Crippen molar-refractivity contribution in [2.24, 2.45) is 0 Å². The van der Waals surface area contributed by atoms with Crippen molar-refractivity contribution < 1.29 is 14.3 Å². The Kier molecular flexibility index (Phi) is 6.93. The van der Waals surface area contributed by atoms with Crippen molar-refractivity contribution >= 4 is 5.91 Å². The minimum Gasteiger partial charge on any atom is -0.493 e. The molecule has 7 heteroatoms. The highest BCUT2D eigenvalue weighted by atomic mass is 16.5. The number of hydrogen-bond donors (Lipinski definition) is 1. The second-order valence-corrected chi connectivity index (χ2v) is 7.38. The molecule has 0 saturated carbocycles. The van der Waals surface area contributed by atoms with Crippen LogP contribution < -0.4 is 15.0 Å². The summed E-state index contributed by atoms with van der Waals surface area (Å²) in [6.45, 7) is 2.19. The number of aromatic amines is 1. The van der Waals surface area contributed by atoms with Crippen LogP contribution >= 0.6 is 0 Å². The maximum Gasteiger partial charge on any atom is 0.260 e. The van der Waals surface area contributed by atoms with Gasteiger partial charge in [0.15, 0.2) is 11.5 Å². The summed E-state index contributed by atoms with van der Waals surface area (Å²) in [7, 11) is 5.36. The van der Waals surface area contributed by atoms with E-state index in [2.05, 4.69) is 16.9 Å². The van der Waals surface area contributed by atoms with E-state index in [1.165, 1.54) is 5.56 Å². The van der Waals surface area contributed by atoms with E-state index in [0.29, 0.717) is 13.1 Å². The zero-order valence-electron chi connectivity index (χ0n) is 17.3. The number of aromatic nitrogens is 1. The van der Waals surface area contributed by atoms with Crippen LogP contribution in [0.1, 0.15) is 28.8 Å². The van der Waals surface area contributed by atoms with Gasteiger partial charge in [0.1, 0.15) is 5.56 Å². The highest BCUT2D eigenvalue weighted by Gasteiger charge is 2.27. The Bertz CT molecular complexity index is 896. The van der Waals surface area contributed by atoms with E-state index in [4.69, 9.17) is 9.47 Å². The zero-order valence-corrected chi connectivity index (χ0v) is 17.3. The number of H-pyrrole nitrogens is 1. The smallest absolute Gasteiger partial charge is 0.260 e. The molecule has 29 heavy (non-hydrogen) atoms. The zero-order chi connectivity index (χ0) is 20.8. The van der Waals surface area contributed by atoms with Gasteiger partial charge in [0.05, 0.1) is 14.2 Å². The molecule has 1 amide bonds. The molecule has 0 bridgehead atoms. The third kappa shape index (κ3) is 4.98. The summed E-state index contributed by atoms with van der Waals surface area (Å²) >= 11 is 0. The van der Waals surface area contributed by atoms with Crippen LogP contribution in [0.4, 0.5) is 0 Å². The average molecular weight is 399 g/mol. The third-order valence-corrected chi connectivity index (χ3v) is 5.56. The Labute approximate surface area is 171 Å². The molecule has 1 fully saturated rings. The van der Waals surface area contributed by atoms with Crippen LogP contribution in [0.15, 0.2) is 41.3 Å². The molecule has 1 aliphatic heterocycles. The number of carbonyl (C=O) groups excluding carboxylic acids is 1. The summed E-state index contributed by atoms with van der Waals surface area (Å²) in [6, 6.07) is 9.53. The molecule has 2 aromatic rings. The first-order chi connectivity index (χ1) is 14.0. The van der Waals surface area contributed by atoms with Gasteiger partial charge in [0.25, 0.3) is 11.5 Å². The quantitative estimate of drug-likeness (QED) is 0.772. The second kappa shape index (κ2) is 9.60. The molecule has 0 radical (unpaired) electrons. The van der Waals surface area contributed by atoms with Crippen molar-refractivity contribution in [3.63, 3.8) is 0 Å². The van der Waals surface area contributed by atoms with Crippen LogP contribution in [0, 0.1) is 0 Å². The number of amides is 1. The van der Waals surface area contributed by atoms with Crippen molar-refractivity contribution in [2.45, 2.75) is 25.3 Å². The minimum absolute atomic E-state index is 0.190. The first-order valence-electron chi connectivity index (χ1n) is 9.91. The van der Waals surface area contributed by atoms with Gasteiger partial charge in [-0.15, -0.1) is 0 Å². The number of pyridine rings is 1. The standard InChI is InChI=1S/C22H29N3O4/c1-24(13-10-16-8-9-19(28-2)20(14-16)29-3)17-6-5-12-25(15-17)22(27)18-7-4-11-23-21(18)26/h4,7-9,11,14,17H,5-6,10,12-13,15H2,1-3H3,(H,23,26)/t17-/m1/s1. The Hall–Kier alpha value is -2.80. The highest BCUT2D eigenvalue weighted by molar-refractivity contribution is 5.93. The SMILES string of the molecule is COc1ccc(CCN(C)[C@@H]2CCCN(C(=O)c3ccc[nH]c3=O)C2)cc1OC. The molecule has 156 valence electrons. The summed E-state index contributed by atoms with van der Waals surface area (Å²) in [5.41, 5.74) is 1.05. The van der Waals surface area contributed by atoms with Crippen molar-refractivity contribution in [1.82, 2.24) is 14.8 Å². The summed E-state index contributed by atoms with van der Waals surface area (Å²) in [5.74, 6) is 1.27. The van der Waals surface area contributed by atoms with Gasteiger partial charge < -0.3 is 24.3 Å². The number of likely N-dealkylation sites (N-methyl/N-ethyl adjacent to an activating group) is 1. The van der Waals surface area contributed by atoms with Crippen molar-refractivity contribution in [3.8, 4) is 11.5 Å². The maximum atomic E-state index is 12.8. The molecule has 1 atom stereocenters. The molecule has 0 unspecified atom stereocenters. The molecule has 3 rings (SSSR count). The molecule has 1 aromatic heterocycles. The topological polar surface area (TPSA) is 74.9 Å². The van der Waals surface area contributed by atoms with Crippen LogP contribution in [0.5, 0.6) is 11.5 Å². The van der Waals surface area contributed by atoms with Gasteiger partial charge in [0, 0.05) is 31.9 Å². The van der Waals surface area contributed by atoms with Gasteiger partial charge in [-0.05, 0) is 56.1 Å². The first kappa shape index (κ1) is 20.9. The van der Waals surface area contributed by atoms with E-state index >= 15 is 0 Å². The third-order valence-electron chi connectivity index (χ3n) is 5.56. The predicted octanol–water partition coefficient (Wildman–Crippen LogP) is 2.17. The fraction of sp³-hybridized carbons (Fsp3) is 0.455. The maximum absolute atomic E-state index is 12.8. The van der Waals surface area contributed by atoms with Gasteiger partial charge >= 0.3 is 0 Å². The number of methoxy groups -OCH3 is 2. The normalized spacial score (nSPS) is 16.7. The number of nitrogens with one attached hydrogen (secondary N) is 1. The lowest BCUT2D eigenvalue weighted by atomic mass is 10.0. The fourth-order valence-electron chi connectivity index (χ4n) is 3.78. The van der Waals surface area contributed by atoms with Crippen molar-refractivity contribution in [1.29, 1.82) is 0 Å². The van der Waals surface area contributed by atoms with Gasteiger partial charge in [-0.3, -0.25) is 9.59 Å². The van der Waals surface area contributed by atoms with E-state index in [-0.39, 0.29) is 23.1 Å². The number of piperidine rings is 1. The fourth-order valence-corrected chi connectivity index (χ4v) is 3.78. The molecule has 1 aromatic carbocycles. The Morgan fingerprint density at radius 1 is 1.24 bits per heavy atom. The molecule has 0 spiro atoms. The molecule has 1 aliphatic rings. The van der Waals surface area contributed by atoms with E-state index in [1.807, 2.05) is 18.2 Å². The number of benzene rings is 1. The van der Waals surface area contributed by atoms with Gasteiger partial charge in [-0.1, -0.05) is 6.07 Å². The molecule has 7 nitrogen and oxygen atoms in total. The average Bonchev–Trinajstić information content (AvgIpc) is 2.77. The van der Waals surface area contributed by atoms with Crippen LogP contribution in [-0.4, -0.2) is 67.6 Å². The lowest BCUT2D eigenvalue weighted by Gasteiger charge is -2.37. The van der Waals surface area contributed by atoms with E-state index < -0.39 is 0 Å². The number of rotatable bonds is 7. The molecular formula is C22H29N3O4. The van der Waals surface area contributed by atoms with Crippen LogP contribution in [0.3, 0.4) is 0 Å². The van der Waals surface area contributed by atoms with Crippen molar-refractivity contribution in [2.75, 3.05) is 40.9 Å². The van der Waals surface area contributed by atoms with Gasteiger partial charge in [-0.25, -0.2) is 0 Å². The summed E-state index contributed by atoms with van der Waals surface area (Å²) in [6.07, 6.45) is 4.39. The Morgan fingerprint density at radius 3 is 2.76 bits per heavy atom. The number of nitrogens with zero attached hydrogens (tertiary/aromatic N) is 2. The Morgan fingerprint density at radius 2 is 2.03 bits per heavy atom. The molecular weight excluding hydrogens is 370 g/mol. The van der Waals surface area contributed by atoms with Crippen LogP contribution in [0.2, 0.25) is 0 Å². The summed E-state index contributed by atoms with van der Waals surface area (Å²) in [5, 5.41) is 0. The lowest BCUT2D eigenvalue weighted by Crippen LogP contribution is -2.49. The van der Waals surface area contributed by atoms with Crippen LogP contribution in [0.25, 0.3) is 0 Å². The molecule has 1 N–H and O–H groups in total. The highest BCUT2D eigenvalue weighted by Crippen LogP contribution is 2.28. The molecule has 0 aliphatic carbocycles. The second-order valence-electron chi connectivity index (χ2n) is 7.38. The summed E-state index contributed by atoms with van der Waals surface area (Å²) in [4.78, 5) is 31.4. The number of hydrogen-bond acceptors (Lipinski definition) is 5. The molecule has 1 saturated heterocycles. The number of likely N-dealkylation sites (tertiary alicyclic amines) is 1. The summed E-state index contributed by atoms with van der Waals surface area (Å²) < 4.78 is 10.7. The van der Waals surface area contributed by atoms with Crippen LogP contribution in [-0.2, 0) is 6.42 Å². The number of ether oxygens (including phenoxy) is 2.